The van der Waals surface area contributed by atoms with Gasteiger partial charge in [0.15, 0.2) is 0 Å². The lowest BCUT2D eigenvalue weighted by Crippen LogP contribution is -2.55. The number of amides is 1. The number of rotatable bonds is 4. The van der Waals surface area contributed by atoms with Crippen molar-refractivity contribution in [2.24, 2.45) is 0 Å². The van der Waals surface area contributed by atoms with Crippen LogP contribution < -0.4 is 5.32 Å². The van der Waals surface area contributed by atoms with Gasteiger partial charge in [-0.3, -0.25) is 4.79 Å². The second-order valence-corrected chi connectivity index (χ2v) is 5.82. The van der Waals surface area contributed by atoms with Gasteiger partial charge < -0.3 is 15.2 Å². The highest BCUT2D eigenvalue weighted by molar-refractivity contribution is 9.10. The van der Waals surface area contributed by atoms with Gasteiger partial charge in [-0.05, 0) is 30.5 Å². The van der Waals surface area contributed by atoms with Crippen LogP contribution in [0.1, 0.15) is 18.4 Å². The Morgan fingerprint density at radius 1 is 1.42 bits per heavy atom. The predicted octanol–water partition coefficient (Wildman–Crippen LogP) is 1.65. The molecule has 104 valence electrons. The summed E-state index contributed by atoms with van der Waals surface area (Å²) in [6.45, 7) is 1.12. The summed E-state index contributed by atoms with van der Waals surface area (Å²) in [5.74, 6) is -0.0611. The molecule has 0 radical (unpaired) electrons. The van der Waals surface area contributed by atoms with Crippen LogP contribution in [0.2, 0.25) is 0 Å². The van der Waals surface area contributed by atoms with Crippen LogP contribution in [-0.4, -0.2) is 36.4 Å². The van der Waals surface area contributed by atoms with Crippen molar-refractivity contribution >= 4 is 21.8 Å². The average molecular weight is 328 g/mol. The van der Waals surface area contributed by atoms with E-state index in [9.17, 15) is 9.90 Å². The summed E-state index contributed by atoms with van der Waals surface area (Å²) in [5, 5.41) is 12.5. The quantitative estimate of drug-likeness (QED) is 0.884. The van der Waals surface area contributed by atoms with Gasteiger partial charge in [0.25, 0.3) is 0 Å². The molecule has 0 spiro atoms. The Hall–Kier alpha value is -0.910. The average Bonchev–Trinajstić information content (AvgIpc) is 2.39. The van der Waals surface area contributed by atoms with E-state index in [0.717, 1.165) is 10.0 Å². The number of hydrogen-bond acceptors (Lipinski definition) is 3. The van der Waals surface area contributed by atoms with Gasteiger partial charge >= 0.3 is 0 Å². The lowest BCUT2D eigenvalue weighted by molar-refractivity contribution is -0.124. The van der Waals surface area contributed by atoms with Crippen molar-refractivity contribution in [1.82, 2.24) is 5.32 Å². The van der Waals surface area contributed by atoms with Gasteiger partial charge in [0.05, 0.1) is 18.6 Å². The summed E-state index contributed by atoms with van der Waals surface area (Å²) in [6, 6.07) is 7.67. The molecule has 4 nitrogen and oxygen atoms in total. The van der Waals surface area contributed by atoms with Crippen molar-refractivity contribution in [2.45, 2.75) is 24.8 Å². The molecule has 0 aliphatic carbocycles. The molecule has 0 saturated carbocycles. The molecular weight excluding hydrogens is 310 g/mol. The van der Waals surface area contributed by atoms with Gasteiger partial charge in [0.2, 0.25) is 5.91 Å². The van der Waals surface area contributed by atoms with Crippen molar-refractivity contribution in [1.29, 1.82) is 0 Å². The van der Waals surface area contributed by atoms with E-state index in [1.165, 1.54) is 0 Å². The highest BCUT2D eigenvalue weighted by atomic mass is 79.9. The van der Waals surface area contributed by atoms with Crippen LogP contribution in [0.3, 0.4) is 0 Å². The van der Waals surface area contributed by atoms with Crippen LogP contribution in [0.25, 0.3) is 0 Å². The predicted molar refractivity (Wildman–Crippen MR) is 75.9 cm³/mol. The number of carbonyl (C=O) groups excluding carboxylic acids is 1. The summed E-state index contributed by atoms with van der Waals surface area (Å²) in [6.07, 6.45) is 1.64. The van der Waals surface area contributed by atoms with Crippen LogP contribution in [-0.2, 0) is 16.0 Å². The number of aliphatic hydroxyl groups is 1. The molecule has 1 saturated heterocycles. The molecule has 1 amide bonds. The van der Waals surface area contributed by atoms with E-state index >= 15 is 0 Å². The third-order valence-corrected chi connectivity index (χ3v) is 3.90. The van der Waals surface area contributed by atoms with Crippen molar-refractivity contribution in [2.75, 3.05) is 19.8 Å². The molecule has 1 aromatic carbocycles. The number of benzene rings is 1. The lowest BCUT2D eigenvalue weighted by atomic mass is 9.90. The zero-order valence-electron chi connectivity index (χ0n) is 10.7. The minimum absolute atomic E-state index is 0.0411. The van der Waals surface area contributed by atoms with E-state index in [4.69, 9.17) is 4.74 Å². The minimum atomic E-state index is -0.513. The third-order valence-electron chi connectivity index (χ3n) is 3.41. The number of ether oxygens (including phenoxy) is 1. The number of hydrogen-bond donors (Lipinski definition) is 2. The van der Waals surface area contributed by atoms with E-state index in [1.54, 1.807) is 0 Å². The van der Waals surface area contributed by atoms with Gasteiger partial charge in [-0.2, -0.15) is 0 Å². The van der Waals surface area contributed by atoms with E-state index in [-0.39, 0.29) is 12.5 Å². The van der Waals surface area contributed by atoms with E-state index in [1.807, 2.05) is 24.3 Å². The lowest BCUT2D eigenvalue weighted by Gasteiger charge is -2.36. The number of nitrogens with one attached hydrogen (secondary N) is 1. The first-order valence-corrected chi connectivity index (χ1v) is 7.17. The number of carbonyl (C=O) groups is 1. The van der Waals surface area contributed by atoms with Gasteiger partial charge in [-0.1, -0.05) is 28.1 Å². The Labute approximate surface area is 121 Å². The molecule has 1 aliphatic rings. The number of aliphatic hydroxyl groups excluding tert-OH is 1. The van der Waals surface area contributed by atoms with Crippen LogP contribution in [0, 0.1) is 0 Å². The van der Waals surface area contributed by atoms with Crippen molar-refractivity contribution in [3.8, 4) is 0 Å². The Morgan fingerprint density at radius 2 is 2.16 bits per heavy atom. The standard InChI is InChI=1S/C14H18BrNO3/c15-12-3-1-2-11(8-12)9-13(18)16-14(10-17)4-6-19-7-5-14/h1-3,8,17H,4-7,9-10H2,(H,16,18). The topological polar surface area (TPSA) is 58.6 Å². The van der Waals surface area contributed by atoms with Gasteiger partial charge in [-0.15, -0.1) is 0 Å². The summed E-state index contributed by atoms with van der Waals surface area (Å²) in [5.41, 5.74) is 0.438. The van der Waals surface area contributed by atoms with Crippen molar-refractivity contribution in [3.63, 3.8) is 0 Å². The molecule has 0 unspecified atom stereocenters. The summed E-state index contributed by atoms with van der Waals surface area (Å²) >= 11 is 3.39. The van der Waals surface area contributed by atoms with Gasteiger partial charge in [0, 0.05) is 17.7 Å². The van der Waals surface area contributed by atoms with E-state index in [2.05, 4.69) is 21.2 Å². The van der Waals surface area contributed by atoms with Crippen molar-refractivity contribution < 1.29 is 14.6 Å². The molecule has 1 fully saturated rings. The largest absolute Gasteiger partial charge is 0.394 e. The van der Waals surface area contributed by atoms with Crippen LogP contribution in [0.4, 0.5) is 0 Å². The first kappa shape index (κ1) is 14.5. The zero-order chi connectivity index (χ0) is 13.7. The maximum atomic E-state index is 12.1. The fourth-order valence-corrected chi connectivity index (χ4v) is 2.70. The molecule has 2 rings (SSSR count). The zero-order valence-corrected chi connectivity index (χ0v) is 12.3. The Balaban J connectivity index is 1.96. The summed E-state index contributed by atoms with van der Waals surface area (Å²) in [7, 11) is 0. The maximum Gasteiger partial charge on any atom is 0.224 e. The first-order chi connectivity index (χ1) is 9.13. The van der Waals surface area contributed by atoms with Crippen LogP contribution >= 0.6 is 15.9 Å². The second kappa shape index (κ2) is 6.50. The Morgan fingerprint density at radius 3 is 2.79 bits per heavy atom. The molecule has 1 aliphatic heterocycles. The molecule has 1 heterocycles. The normalized spacial score (nSPS) is 18.0. The minimum Gasteiger partial charge on any atom is -0.394 e. The SMILES string of the molecule is O=C(Cc1cccc(Br)c1)NC1(CO)CCOCC1. The number of halogens is 1. The fourth-order valence-electron chi connectivity index (χ4n) is 2.26. The molecule has 0 aromatic heterocycles. The smallest absolute Gasteiger partial charge is 0.224 e. The second-order valence-electron chi connectivity index (χ2n) is 4.91. The van der Waals surface area contributed by atoms with Gasteiger partial charge in [-0.25, -0.2) is 0 Å². The Kier molecular flexibility index (Phi) is 4.96. The van der Waals surface area contributed by atoms with E-state index in [0.29, 0.717) is 32.5 Å². The summed E-state index contributed by atoms with van der Waals surface area (Å²) < 4.78 is 6.23. The maximum absolute atomic E-state index is 12.1. The monoisotopic (exact) mass is 327 g/mol. The Bertz CT molecular complexity index is 444. The molecule has 5 heteroatoms. The van der Waals surface area contributed by atoms with Crippen molar-refractivity contribution in [3.05, 3.63) is 34.3 Å². The van der Waals surface area contributed by atoms with Crippen LogP contribution in [0.5, 0.6) is 0 Å². The molecule has 19 heavy (non-hydrogen) atoms. The highest BCUT2D eigenvalue weighted by Crippen LogP contribution is 2.20. The fraction of sp³-hybridized carbons (Fsp3) is 0.500. The molecular formula is C14H18BrNO3. The van der Waals surface area contributed by atoms with Gasteiger partial charge in [0.1, 0.15) is 0 Å². The highest BCUT2D eigenvalue weighted by Gasteiger charge is 2.33. The third kappa shape index (κ3) is 4.03. The van der Waals surface area contributed by atoms with Crippen LogP contribution in [0.15, 0.2) is 28.7 Å². The molecule has 0 bridgehead atoms. The van der Waals surface area contributed by atoms with E-state index < -0.39 is 5.54 Å². The molecule has 2 N–H and O–H groups in total. The molecule has 1 aromatic rings. The first-order valence-electron chi connectivity index (χ1n) is 6.38. The summed E-state index contributed by atoms with van der Waals surface area (Å²) in [4.78, 5) is 12.1. The molecule has 0 atom stereocenters.